The molecule has 1 fully saturated rings. The van der Waals surface area contributed by atoms with Crippen LogP contribution in [-0.4, -0.2) is 43.6 Å². The Morgan fingerprint density at radius 3 is 2.43 bits per heavy atom. The van der Waals surface area contributed by atoms with Crippen molar-refractivity contribution in [2.24, 2.45) is 0 Å². The minimum Gasteiger partial charge on any atom is -0.298 e. The van der Waals surface area contributed by atoms with E-state index < -0.39 is 37.5 Å². The molecule has 3 aromatic heterocycles. The van der Waals surface area contributed by atoms with E-state index >= 15 is 0 Å². The number of aromatic nitrogens is 5. The van der Waals surface area contributed by atoms with E-state index in [1.165, 1.54) is 31.0 Å². The third kappa shape index (κ3) is 2.91. The van der Waals surface area contributed by atoms with Crippen molar-refractivity contribution in [3.63, 3.8) is 0 Å². The number of nitrogens with one attached hydrogen (secondary N) is 2. The maximum absolute atomic E-state index is 13.2. The Hall–Kier alpha value is -2.80. The second-order valence-corrected chi connectivity index (χ2v) is 11.3. The number of fused-ring (bicyclic) bond motifs is 1. The SMILES string of the molecule is Cc1c(-n2nccn2)sc2[nH]c(=O)n(C(C)(C)C(=O)NS(=O)(=O)C3(C)CC3)c(=O)c12. The van der Waals surface area contributed by atoms with E-state index in [-0.39, 0.29) is 5.39 Å². The molecule has 3 heterocycles. The highest BCUT2D eigenvalue weighted by molar-refractivity contribution is 7.91. The molecule has 11 nitrogen and oxygen atoms in total. The quantitative estimate of drug-likeness (QED) is 0.568. The highest BCUT2D eigenvalue weighted by atomic mass is 32.2. The molecule has 0 spiro atoms. The number of carbonyl (C=O) groups excluding carboxylic acids is 1. The number of hydrogen-bond acceptors (Lipinski definition) is 8. The summed E-state index contributed by atoms with van der Waals surface area (Å²) in [6.45, 7) is 5.88. The number of H-pyrrole nitrogens is 1. The fraction of sp³-hybridized carbons (Fsp3) is 0.471. The van der Waals surface area contributed by atoms with E-state index in [0.29, 0.717) is 28.2 Å². The van der Waals surface area contributed by atoms with Gasteiger partial charge in [-0.3, -0.25) is 19.3 Å². The average Bonchev–Trinajstić information content (AvgIpc) is 3.06. The third-order valence-corrected chi connectivity index (χ3v) is 8.84. The lowest BCUT2D eigenvalue weighted by molar-refractivity contribution is -0.126. The van der Waals surface area contributed by atoms with Gasteiger partial charge in [-0.05, 0) is 40.5 Å². The van der Waals surface area contributed by atoms with E-state index in [1.807, 2.05) is 4.72 Å². The lowest BCUT2D eigenvalue weighted by Crippen LogP contribution is -2.56. The predicted molar refractivity (Wildman–Crippen MR) is 110 cm³/mol. The fourth-order valence-electron chi connectivity index (χ4n) is 3.14. The van der Waals surface area contributed by atoms with E-state index in [4.69, 9.17) is 0 Å². The molecule has 0 bridgehead atoms. The number of amides is 1. The Kier molecular flexibility index (Phi) is 4.33. The Balaban J connectivity index is 1.84. The average molecular weight is 453 g/mol. The van der Waals surface area contributed by atoms with Crippen LogP contribution >= 0.6 is 11.3 Å². The van der Waals surface area contributed by atoms with Crippen LogP contribution in [0.25, 0.3) is 15.2 Å². The molecule has 3 aromatic rings. The van der Waals surface area contributed by atoms with Crippen molar-refractivity contribution in [2.75, 3.05) is 0 Å². The summed E-state index contributed by atoms with van der Waals surface area (Å²) in [4.78, 5) is 43.1. The molecule has 2 N–H and O–H groups in total. The molecule has 0 radical (unpaired) electrons. The lowest BCUT2D eigenvalue weighted by Gasteiger charge is -2.26. The molecule has 0 aromatic carbocycles. The summed E-state index contributed by atoms with van der Waals surface area (Å²) in [5, 5.41) is 8.86. The van der Waals surface area contributed by atoms with Gasteiger partial charge in [0.05, 0.1) is 22.5 Å². The maximum atomic E-state index is 13.2. The molecular weight excluding hydrogens is 432 g/mol. The van der Waals surface area contributed by atoms with Gasteiger partial charge in [-0.25, -0.2) is 17.8 Å². The minimum atomic E-state index is -3.92. The van der Waals surface area contributed by atoms with Crippen molar-refractivity contribution in [3.05, 3.63) is 38.8 Å². The molecule has 0 atom stereocenters. The lowest BCUT2D eigenvalue weighted by atomic mass is 10.0. The van der Waals surface area contributed by atoms with Gasteiger partial charge in [0.15, 0.2) is 0 Å². The molecule has 0 unspecified atom stereocenters. The first kappa shape index (κ1) is 20.5. The summed E-state index contributed by atoms with van der Waals surface area (Å²) < 4.78 is 26.7. The van der Waals surface area contributed by atoms with Gasteiger partial charge in [-0.15, -0.1) is 4.80 Å². The van der Waals surface area contributed by atoms with E-state index in [2.05, 4.69) is 15.2 Å². The summed E-state index contributed by atoms with van der Waals surface area (Å²) >= 11 is 1.13. The van der Waals surface area contributed by atoms with Crippen LogP contribution in [0.5, 0.6) is 0 Å². The summed E-state index contributed by atoms with van der Waals surface area (Å²) in [6, 6.07) is 0. The number of hydrogen-bond donors (Lipinski definition) is 2. The van der Waals surface area contributed by atoms with Crippen LogP contribution in [0.4, 0.5) is 0 Å². The van der Waals surface area contributed by atoms with Crippen molar-refractivity contribution in [1.29, 1.82) is 0 Å². The topological polar surface area (TPSA) is 149 Å². The predicted octanol–water partition coefficient (Wildman–Crippen LogP) is 0.374. The zero-order valence-electron chi connectivity index (χ0n) is 16.7. The van der Waals surface area contributed by atoms with Crippen LogP contribution in [0, 0.1) is 6.92 Å². The molecule has 13 heteroatoms. The molecule has 1 aliphatic carbocycles. The highest BCUT2D eigenvalue weighted by Crippen LogP contribution is 2.42. The van der Waals surface area contributed by atoms with Crippen LogP contribution in [0.2, 0.25) is 0 Å². The number of thiophene rings is 1. The van der Waals surface area contributed by atoms with Gasteiger partial charge in [0.25, 0.3) is 11.5 Å². The number of sulfonamides is 1. The second-order valence-electron chi connectivity index (χ2n) is 8.07. The Morgan fingerprint density at radius 1 is 1.27 bits per heavy atom. The first-order valence-electron chi connectivity index (χ1n) is 9.11. The maximum Gasteiger partial charge on any atom is 0.330 e. The highest BCUT2D eigenvalue weighted by Gasteiger charge is 2.52. The van der Waals surface area contributed by atoms with Crippen LogP contribution < -0.4 is 16.0 Å². The third-order valence-electron chi connectivity index (χ3n) is 5.51. The smallest absolute Gasteiger partial charge is 0.298 e. The van der Waals surface area contributed by atoms with Gasteiger partial charge in [0.2, 0.25) is 10.0 Å². The summed E-state index contributed by atoms with van der Waals surface area (Å²) in [7, 11) is -3.92. The number of rotatable bonds is 5. The number of nitrogens with zero attached hydrogens (tertiary/aromatic N) is 4. The van der Waals surface area contributed by atoms with E-state index in [1.54, 1.807) is 13.8 Å². The largest absolute Gasteiger partial charge is 0.330 e. The van der Waals surface area contributed by atoms with Crippen molar-refractivity contribution in [3.8, 4) is 5.00 Å². The molecular formula is C17H20N6O5S2. The van der Waals surface area contributed by atoms with Crippen LogP contribution in [-0.2, 0) is 20.4 Å². The first-order valence-corrected chi connectivity index (χ1v) is 11.4. The normalized spacial score (nSPS) is 16.0. The Labute approximate surface area is 174 Å². The number of aromatic amines is 1. The van der Waals surface area contributed by atoms with Gasteiger partial charge >= 0.3 is 5.69 Å². The zero-order valence-corrected chi connectivity index (χ0v) is 18.3. The molecule has 0 saturated heterocycles. The van der Waals surface area contributed by atoms with Crippen LogP contribution in [0.15, 0.2) is 22.0 Å². The number of carbonyl (C=O) groups is 1. The Morgan fingerprint density at radius 2 is 1.87 bits per heavy atom. The standard InChI is InChI=1S/C17H20N6O5S2/c1-9-10-11(29-13(9)23-18-7-8-19-23)20-15(26)22(12(10)24)16(2,3)14(25)21-30(27,28)17(4)5-6-17/h7-8H,5-6H2,1-4H3,(H,20,26)(H,21,25). The minimum absolute atomic E-state index is 0.213. The number of aryl methyl sites for hydroxylation is 1. The monoisotopic (exact) mass is 452 g/mol. The van der Waals surface area contributed by atoms with Crippen molar-refractivity contribution < 1.29 is 13.2 Å². The van der Waals surface area contributed by atoms with Crippen LogP contribution in [0.1, 0.15) is 39.2 Å². The molecule has 1 saturated carbocycles. The second kappa shape index (κ2) is 6.35. The van der Waals surface area contributed by atoms with E-state index in [9.17, 15) is 22.8 Å². The fourth-order valence-corrected chi connectivity index (χ4v) is 5.62. The van der Waals surface area contributed by atoms with Crippen molar-refractivity contribution >= 4 is 37.5 Å². The summed E-state index contributed by atoms with van der Waals surface area (Å²) in [5.41, 5.74) is -2.73. The Bertz CT molecular complexity index is 1390. The van der Waals surface area contributed by atoms with Gasteiger partial charge in [-0.1, -0.05) is 11.3 Å². The van der Waals surface area contributed by atoms with Gasteiger partial charge in [0.1, 0.15) is 15.4 Å². The first-order chi connectivity index (χ1) is 13.9. The molecule has 1 amide bonds. The molecule has 0 aliphatic heterocycles. The van der Waals surface area contributed by atoms with Gasteiger partial charge < -0.3 is 0 Å². The van der Waals surface area contributed by atoms with Gasteiger partial charge in [0, 0.05) is 5.56 Å². The zero-order chi connectivity index (χ0) is 22.1. The summed E-state index contributed by atoms with van der Waals surface area (Å²) in [5.74, 6) is -0.954. The van der Waals surface area contributed by atoms with Crippen molar-refractivity contribution in [1.82, 2.24) is 29.3 Å². The van der Waals surface area contributed by atoms with E-state index in [0.717, 1.165) is 15.9 Å². The summed E-state index contributed by atoms with van der Waals surface area (Å²) in [6.07, 6.45) is 3.86. The van der Waals surface area contributed by atoms with Gasteiger partial charge in [-0.2, -0.15) is 10.2 Å². The molecule has 160 valence electrons. The van der Waals surface area contributed by atoms with Crippen LogP contribution in [0.3, 0.4) is 0 Å². The molecule has 4 rings (SSSR count). The van der Waals surface area contributed by atoms with Crippen molar-refractivity contribution in [2.45, 2.75) is 50.8 Å². The molecule has 1 aliphatic rings. The molecule has 30 heavy (non-hydrogen) atoms.